The topological polar surface area (TPSA) is 75.7 Å². The van der Waals surface area contributed by atoms with Crippen LogP contribution in [0.25, 0.3) is 0 Å². The molecule has 0 saturated carbocycles. The molecule has 1 heterocycles. The van der Waals surface area contributed by atoms with Crippen LogP contribution in [0.15, 0.2) is 24.3 Å². The number of thiophene rings is 1. The number of carbonyl (C=O) groups excluding carboxylic acids is 3. The molecule has 0 spiro atoms. The van der Waals surface area contributed by atoms with Crippen molar-refractivity contribution in [1.29, 1.82) is 0 Å². The number of ether oxygens (including phenoxy) is 1. The van der Waals surface area contributed by atoms with E-state index in [0.717, 1.165) is 16.9 Å². The second-order valence-electron chi connectivity index (χ2n) is 6.99. The third-order valence-electron chi connectivity index (χ3n) is 4.89. The van der Waals surface area contributed by atoms with Crippen LogP contribution in [0.2, 0.25) is 0 Å². The van der Waals surface area contributed by atoms with Gasteiger partial charge in [0.2, 0.25) is 5.91 Å². The minimum Gasteiger partial charge on any atom is -0.462 e. The summed E-state index contributed by atoms with van der Waals surface area (Å²) < 4.78 is 5.17. The molecule has 2 rings (SSSR count). The van der Waals surface area contributed by atoms with Crippen LogP contribution in [-0.2, 0) is 16.0 Å². The molecule has 0 radical (unpaired) electrons. The van der Waals surface area contributed by atoms with E-state index in [-0.39, 0.29) is 30.4 Å². The highest BCUT2D eigenvalue weighted by molar-refractivity contribution is 7.18. The lowest BCUT2D eigenvalue weighted by Gasteiger charge is -2.18. The number of carbonyl (C=O) groups is 3. The van der Waals surface area contributed by atoms with Crippen molar-refractivity contribution in [1.82, 2.24) is 4.90 Å². The number of hydrogen-bond acceptors (Lipinski definition) is 5. The highest BCUT2D eigenvalue weighted by Crippen LogP contribution is 2.34. The standard InChI is InChI=1S/C23H30N2O4S/c1-6-25(7-2)22(27)20-16(5)19(23(28)29-8-3)21(30-20)24-18(26)14-13-17-11-9-15(4)10-12-17/h9-12H,6-8,13-14H2,1-5H3,(H,24,26). The molecule has 0 bridgehead atoms. The summed E-state index contributed by atoms with van der Waals surface area (Å²) in [4.78, 5) is 40.1. The van der Waals surface area contributed by atoms with Crippen LogP contribution in [0, 0.1) is 13.8 Å². The predicted octanol–water partition coefficient (Wildman–Crippen LogP) is 4.59. The number of nitrogens with zero attached hydrogens (tertiary/aromatic N) is 1. The van der Waals surface area contributed by atoms with Crippen LogP contribution in [0.3, 0.4) is 0 Å². The van der Waals surface area contributed by atoms with Gasteiger partial charge in [0, 0.05) is 19.5 Å². The fourth-order valence-electron chi connectivity index (χ4n) is 3.11. The molecule has 0 aliphatic rings. The van der Waals surface area contributed by atoms with Gasteiger partial charge >= 0.3 is 5.97 Å². The van der Waals surface area contributed by atoms with E-state index < -0.39 is 5.97 Å². The molecule has 2 amide bonds. The SMILES string of the molecule is CCOC(=O)c1c(NC(=O)CCc2ccc(C)cc2)sc(C(=O)N(CC)CC)c1C. The van der Waals surface area contributed by atoms with E-state index in [2.05, 4.69) is 5.32 Å². The number of benzene rings is 1. The zero-order valence-corrected chi connectivity index (χ0v) is 19.1. The van der Waals surface area contributed by atoms with E-state index in [1.807, 2.05) is 45.0 Å². The van der Waals surface area contributed by atoms with Gasteiger partial charge in [-0.05, 0) is 52.2 Å². The van der Waals surface area contributed by atoms with Crippen molar-refractivity contribution in [2.75, 3.05) is 25.0 Å². The highest BCUT2D eigenvalue weighted by atomic mass is 32.1. The Morgan fingerprint density at radius 2 is 1.67 bits per heavy atom. The van der Waals surface area contributed by atoms with Gasteiger partial charge in [0.05, 0.1) is 17.0 Å². The number of hydrogen-bond donors (Lipinski definition) is 1. The van der Waals surface area contributed by atoms with Gasteiger partial charge in [0.1, 0.15) is 5.00 Å². The molecular formula is C23H30N2O4S. The molecular weight excluding hydrogens is 400 g/mol. The lowest BCUT2D eigenvalue weighted by molar-refractivity contribution is -0.116. The average Bonchev–Trinajstić information content (AvgIpc) is 3.04. The Kier molecular flexibility index (Phi) is 8.59. The maximum atomic E-state index is 12.9. The van der Waals surface area contributed by atoms with Crippen molar-refractivity contribution in [3.8, 4) is 0 Å². The van der Waals surface area contributed by atoms with Gasteiger partial charge in [-0.2, -0.15) is 0 Å². The number of rotatable bonds is 9. The van der Waals surface area contributed by atoms with Crippen molar-refractivity contribution >= 4 is 34.1 Å². The van der Waals surface area contributed by atoms with E-state index in [4.69, 9.17) is 4.74 Å². The Hall–Kier alpha value is -2.67. The number of esters is 1. The van der Waals surface area contributed by atoms with Crippen LogP contribution in [-0.4, -0.2) is 42.4 Å². The lowest BCUT2D eigenvalue weighted by atomic mass is 10.1. The van der Waals surface area contributed by atoms with E-state index in [9.17, 15) is 14.4 Å². The summed E-state index contributed by atoms with van der Waals surface area (Å²) in [5.74, 6) is -0.879. The molecule has 0 saturated heterocycles. The van der Waals surface area contributed by atoms with Crippen molar-refractivity contribution in [2.24, 2.45) is 0 Å². The smallest absolute Gasteiger partial charge is 0.341 e. The Balaban J connectivity index is 2.24. The van der Waals surface area contributed by atoms with Crippen molar-refractivity contribution < 1.29 is 19.1 Å². The Labute approximate surface area is 182 Å². The molecule has 0 atom stereocenters. The first kappa shape index (κ1) is 23.6. The van der Waals surface area contributed by atoms with Gasteiger partial charge in [-0.1, -0.05) is 29.8 Å². The number of anilines is 1. The van der Waals surface area contributed by atoms with Crippen LogP contribution < -0.4 is 5.32 Å². The summed E-state index contributed by atoms with van der Waals surface area (Å²) in [7, 11) is 0. The van der Waals surface area contributed by atoms with Gasteiger partial charge in [-0.15, -0.1) is 11.3 Å². The minimum absolute atomic E-state index is 0.145. The summed E-state index contributed by atoms with van der Waals surface area (Å²) >= 11 is 1.14. The predicted molar refractivity (Wildman–Crippen MR) is 120 cm³/mol. The van der Waals surface area contributed by atoms with E-state index in [0.29, 0.717) is 35.0 Å². The van der Waals surface area contributed by atoms with E-state index in [1.165, 1.54) is 5.56 Å². The normalized spacial score (nSPS) is 10.6. The zero-order valence-electron chi connectivity index (χ0n) is 18.3. The fraction of sp³-hybridized carbons (Fsp3) is 0.435. The van der Waals surface area contributed by atoms with Gasteiger partial charge in [0.15, 0.2) is 0 Å². The molecule has 0 fully saturated rings. The molecule has 1 aromatic carbocycles. The van der Waals surface area contributed by atoms with Crippen molar-refractivity contribution in [2.45, 2.75) is 47.5 Å². The van der Waals surface area contributed by atoms with Crippen molar-refractivity contribution in [3.05, 3.63) is 51.4 Å². The number of aryl methyl sites for hydroxylation is 2. The second kappa shape index (κ2) is 10.9. The Morgan fingerprint density at radius 3 is 2.23 bits per heavy atom. The maximum Gasteiger partial charge on any atom is 0.341 e. The van der Waals surface area contributed by atoms with E-state index >= 15 is 0 Å². The summed E-state index contributed by atoms with van der Waals surface area (Å²) in [6.45, 7) is 10.6. The number of amides is 2. The highest BCUT2D eigenvalue weighted by Gasteiger charge is 2.28. The Bertz CT molecular complexity index is 899. The molecule has 1 N–H and O–H groups in total. The van der Waals surface area contributed by atoms with Crippen LogP contribution in [0.1, 0.15) is 63.9 Å². The summed E-state index contributed by atoms with van der Waals surface area (Å²) in [6, 6.07) is 8.03. The van der Waals surface area contributed by atoms with Crippen molar-refractivity contribution in [3.63, 3.8) is 0 Å². The maximum absolute atomic E-state index is 12.9. The molecule has 7 heteroatoms. The molecule has 1 aromatic heterocycles. The monoisotopic (exact) mass is 430 g/mol. The Morgan fingerprint density at radius 1 is 1.03 bits per heavy atom. The van der Waals surface area contributed by atoms with Crippen LogP contribution in [0.5, 0.6) is 0 Å². The lowest BCUT2D eigenvalue weighted by Crippen LogP contribution is -2.30. The molecule has 162 valence electrons. The first-order chi connectivity index (χ1) is 14.3. The average molecular weight is 431 g/mol. The molecule has 30 heavy (non-hydrogen) atoms. The molecule has 0 aliphatic carbocycles. The summed E-state index contributed by atoms with van der Waals surface area (Å²) in [6.07, 6.45) is 0.873. The third-order valence-corrected chi connectivity index (χ3v) is 6.08. The first-order valence-corrected chi connectivity index (χ1v) is 11.1. The molecule has 2 aromatic rings. The first-order valence-electron chi connectivity index (χ1n) is 10.3. The molecule has 0 aliphatic heterocycles. The van der Waals surface area contributed by atoms with Gasteiger partial charge in [-0.3, -0.25) is 9.59 Å². The second-order valence-corrected chi connectivity index (χ2v) is 8.01. The van der Waals surface area contributed by atoms with Gasteiger partial charge in [-0.25, -0.2) is 4.79 Å². The summed E-state index contributed by atoms with van der Waals surface area (Å²) in [5.41, 5.74) is 3.05. The fourth-order valence-corrected chi connectivity index (χ4v) is 4.29. The minimum atomic E-state index is -0.529. The van der Waals surface area contributed by atoms with E-state index in [1.54, 1.807) is 18.7 Å². The molecule has 0 unspecified atom stereocenters. The van der Waals surface area contributed by atoms with Crippen LogP contribution >= 0.6 is 11.3 Å². The van der Waals surface area contributed by atoms with Gasteiger partial charge in [0.25, 0.3) is 5.91 Å². The summed E-state index contributed by atoms with van der Waals surface area (Å²) in [5, 5.41) is 3.20. The van der Waals surface area contributed by atoms with Crippen LogP contribution in [0.4, 0.5) is 5.00 Å². The number of nitrogens with one attached hydrogen (secondary N) is 1. The van der Waals surface area contributed by atoms with Gasteiger partial charge < -0.3 is 15.0 Å². The third kappa shape index (κ3) is 5.69. The quantitative estimate of drug-likeness (QED) is 0.590. The zero-order chi connectivity index (χ0) is 22.3. The molecule has 6 nitrogen and oxygen atoms in total. The largest absolute Gasteiger partial charge is 0.462 e.